The molecule has 1 aromatic rings. The maximum absolute atomic E-state index is 6.09. The Morgan fingerprint density at radius 3 is 2.55 bits per heavy atom. The number of nitrogens with one attached hydrogen (secondary N) is 1. The van der Waals surface area contributed by atoms with E-state index in [-0.39, 0.29) is 12.4 Å². The fourth-order valence-electron chi connectivity index (χ4n) is 2.64. The second-order valence-corrected chi connectivity index (χ2v) is 8.33. The summed E-state index contributed by atoms with van der Waals surface area (Å²) in [6.45, 7) is 4.70. The van der Waals surface area contributed by atoms with Crippen LogP contribution in [0.1, 0.15) is 30.6 Å². The van der Waals surface area contributed by atoms with E-state index in [4.69, 9.17) is 11.6 Å². The number of piperidine rings is 1. The molecule has 1 aliphatic heterocycles. The highest BCUT2D eigenvalue weighted by Gasteiger charge is 2.24. The molecule has 0 radical (unpaired) electrons. The van der Waals surface area contributed by atoms with Crippen LogP contribution in [0.2, 0.25) is 4.34 Å². The van der Waals surface area contributed by atoms with E-state index in [1.165, 1.54) is 50.2 Å². The van der Waals surface area contributed by atoms with Gasteiger partial charge in [-0.25, -0.2) is 0 Å². The Balaban J connectivity index is 0.00000147. The van der Waals surface area contributed by atoms with Crippen molar-refractivity contribution in [1.82, 2.24) is 10.2 Å². The summed E-state index contributed by atoms with van der Waals surface area (Å²) in [6.07, 6.45) is 5.46. The average molecular weight is 400 g/mol. The highest BCUT2D eigenvalue weighted by Crippen LogP contribution is 2.33. The lowest BCUT2D eigenvalue weighted by molar-refractivity contribution is 0.191. The Kier molecular flexibility index (Phi) is 6.64. The van der Waals surface area contributed by atoms with Crippen LogP contribution in [0.25, 0.3) is 0 Å². The first kappa shape index (κ1) is 17.0. The number of hydrogen-bond acceptors (Lipinski definition) is 3. The molecule has 3 rings (SSSR count). The monoisotopic (exact) mass is 398 g/mol. The molecule has 20 heavy (non-hydrogen) atoms. The topological polar surface area (TPSA) is 15.3 Å². The average Bonchev–Trinajstić information content (AvgIpc) is 3.16. The number of hydrogen-bond donors (Lipinski definition) is 1. The van der Waals surface area contributed by atoms with Crippen LogP contribution in [-0.2, 0) is 6.54 Å². The Hall–Kier alpha value is 0.680. The van der Waals surface area contributed by atoms with Gasteiger partial charge < -0.3 is 5.32 Å². The van der Waals surface area contributed by atoms with Gasteiger partial charge in [0.1, 0.15) is 4.34 Å². The van der Waals surface area contributed by atoms with Gasteiger partial charge in [0.25, 0.3) is 0 Å². The fraction of sp³-hybridized carbons (Fsp3) is 0.714. The molecule has 2 nitrogen and oxygen atoms in total. The van der Waals surface area contributed by atoms with Gasteiger partial charge in [-0.2, -0.15) is 0 Å². The van der Waals surface area contributed by atoms with Crippen LogP contribution in [0, 0.1) is 5.92 Å². The molecule has 0 unspecified atom stereocenters. The molecule has 0 aromatic carbocycles. The summed E-state index contributed by atoms with van der Waals surface area (Å²) in [5.41, 5.74) is 0. The van der Waals surface area contributed by atoms with Crippen molar-refractivity contribution in [2.45, 2.75) is 38.3 Å². The third-order valence-electron chi connectivity index (χ3n) is 4.06. The maximum atomic E-state index is 6.09. The first-order valence-electron chi connectivity index (χ1n) is 7.10. The summed E-state index contributed by atoms with van der Waals surface area (Å²) in [5, 5.41) is 3.73. The van der Waals surface area contributed by atoms with Crippen molar-refractivity contribution in [1.29, 1.82) is 0 Å². The fourth-order valence-corrected chi connectivity index (χ4v) is 4.47. The van der Waals surface area contributed by atoms with E-state index in [2.05, 4.69) is 32.2 Å². The van der Waals surface area contributed by atoms with Crippen LogP contribution >= 0.6 is 51.3 Å². The molecular formula is C14H21BrCl2N2S. The molecule has 1 saturated carbocycles. The van der Waals surface area contributed by atoms with Crippen LogP contribution in [0.4, 0.5) is 0 Å². The minimum Gasteiger partial charge on any atom is -0.314 e. The number of halogens is 3. The zero-order valence-electron chi connectivity index (χ0n) is 11.4. The second-order valence-electron chi connectivity index (χ2n) is 5.74. The lowest BCUT2D eigenvalue weighted by Gasteiger charge is -2.32. The Morgan fingerprint density at radius 2 is 2.00 bits per heavy atom. The zero-order chi connectivity index (χ0) is 13.2. The maximum Gasteiger partial charge on any atom is 0.107 e. The number of rotatable bonds is 5. The quantitative estimate of drug-likeness (QED) is 0.781. The highest BCUT2D eigenvalue weighted by molar-refractivity contribution is 9.10. The molecule has 114 valence electrons. The summed E-state index contributed by atoms with van der Waals surface area (Å²) in [7, 11) is 0. The molecule has 2 aliphatic rings. The summed E-state index contributed by atoms with van der Waals surface area (Å²) < 4.78 is 1.91. The Morgan fingerprint density at radius 1 is 1.30 bits per heavy atom. The predicted molar refractivity (Wildman–Crippen MR) is 93.3 cm³/mol. The number of thiophene rings is 1. The number of nitrogens with zero attached hydrogens (tertiary/aromatic N) is 1. The van der Waals surface area contributed by atoms with Gasteiger partial charge in [-0.05, 0) is 73.2 Å². The van der Waals surface area contributed by atoms with Crippen LogP contribution in [-0.4, -0.2) is 30.6 Å². The van der Waals surface area contributed by atoms with E-state index in [0.29, 0.717) is 0 Å². The summed E-state index contributed by atoms with van der Waals surface area (Å²) in [6, 6.07) is 2.90. The van der Waals surface area contributed by atoms with Gasteiger partial charge in [0.15, 0.2) is 0 Å². The van der Waals surface area contributed by atoms with E-state index in [9.17, 15) is 0 Å². The van der Waals surface area contributed by atoms with E-state index >= 15 is 0 Å². The minimum atomic E-state index is 0. The second kappa shape index (κ2) is 7.80. The highest BCUT2D eigenvalue weighted by atomic mass is 79.9. The van der Waals surface area contributed by atoms with Gasteiger partial charge in [0.05, 0.1) is 0 Å². The van der Waals surface area contributed by atoms with E-state index in [1.54, 1.807) is 11.3 Å². The Labute approximate surface area is 144 Å². The molecule has 0 amide bonds. The van der Waals surface area contributed by atoms with Crippen molar-refractivity contribution >= 4 is 51.3 Å². The van der Waals surface area contributed by atoms with Crippen molar-refractivity contribution in [3.05, 3.63) is 19.8 Å². The standard InChI is InChI=1S/C14H20BrClN2S.ClH/c15-13-7-12(19-14(13)16)9-18-5-3-11(4-6-18)17-8-10-1-2-10;/h7,10-11,17H,1-6,8-9H2;1H. The van der Waals surface area contributed by atoms with Gasteiger partial charge in [0.2, 0.25) is 0 Å². The van der Waals surface area contributed by atoms with Crippen molar-refractivity contribution in [2.75, 3.05) is 19.6 Å². The Bertz CT molecular complexity index is 409. The van der Waals surface area contributed by atoms with Crippen molar-refractivity contribution in [3.8, 4) is 0 Å². The molecule has 6 heteroatoms. The molecule has 0 spiro atoms. The molecule has 1 aromatic heterocycles. The molecule has 0 atom stereocenters. The van der Waals surface area contributed by atoms with Gasteiger partial charge >= 0.3 is 0 Å². The van der Waals surface area contributed by atoms with Gasteiger partial charge in [0, 0.05) is 21.9 Å². The van der Waals surface area contributed by atoms with Gasteiger partial charge in [-0.1, -0.05) is 11.6 Å². The molecule has 2 heterocycles. The largest absolute Gasteiger partial charge is 0.314 e. The SMILES string of the molecule is Cl.Clc1sc(CN2CCC(NCC3CC3)CC2)cc1Br. The first-order chi connectivity index (χ1) is 9.20. The molecule has 1 saturated heterocycles. The minimum absolute atomic E-state index is 0. The summed E-state index contributed by atoms with van der Waals surface area (Å²) in [5.74, 6) is 0.989. The summed E-state index contributed by atoms with van der Waals surface area (Å²) in [4.78, 5) is 3.91. The van der Waals surface area contributed by atoms with Crippen LogP contribution < -0.4 is 5.32 Å². The van der Waals surface area contributed by atoms with E-state index in [0.717, 1.165) is 27.3 Å². The lowest BCUT2D eigenvalue weighted by Crippen LogP contribution is -2.42. The van der Waals surface area contributed by atoms with Crippen molar-refractivity contribution in [2.24, 2.45) is 5.92 Å². The van der Waals surface area contributed by atoms with Crippen molar-refractivity contribution in [3.63, 3.8) is 0 Å². The van der Waals surface area contributed by atoms with Gasteiger partial charge in [-0.15, -0.1) is 23.7 Å². The van der Waals surface area contributed by atoms with Gasteiger partial charge in [-0.3, -0.25) is 4.90 Å². The van der Waals surface area contributed by atoms with E-state index < -0.39 is 0 Å². The van der Waals surface area contributed by atoms with Crippen LogP contribution in [0.5, 0.6) is 0 Å². The normalized spacial score (nSPS) is 20.9. The van der Waals surface area contributed by atoms with Crippen molar-refractivity contribution < 1.29 is 0 Å². The van der Waals surface area contributed by atoms with E-state index in [1.807, 2.05) is 0 Å². The molecule has 0 bridgehead atoms. The third kappa shape index (κ3) is 4.85. The first-order valence-corrected chi connectivity index (χ1v) is 9.09. The molecular weight excluding hydrogens is 379 g/mol. The third-order valence-corrected chi connectivity index (χ3v) is 6.51. The lowest BCUT2D eigenvalue weighted by atomic mass is 10.0. The van der Waals surface area contributed by atoms with Crippen LogP contribution in [0.3, 0.4) is 0 Å². The smallest absolute Gasteiger partial charge is 0.107 e. The number of likely N-dealkylation sites (tertiary alicyclic amines) is 1. The molecule has 2 fully saturated rings. The molecule has 1 N–H and O–H groups in total. The molecule has 1 aliphatic carbocycles. The predicted octanol–water partition coefficient (Wildman–Crippen LogP) is 4.55. The van der Waals surface area contributed by atoms with Crippen LogP contribution in [0.15, 0.2) is 10.5 Å². The summed E-state index contributed by atoms with van der Waals surface area (Å²) >= 11 is 11.3. The zero-order valence-corrected chi connectivity index (χ0v) is 15.4.